The fourth-order valence-corrected chi connectivity index (χ4v) is 6.54. The molecule has 0 fully saturated rings. The van der Waals surface area contributed by atoms with Crippen molar-refractivity contribution in [2.24, 2.45) is 5.10 Å². The predicted molar refractivity (Wildman–Crippen MR) is 138 cm³/mol. The van der Waals surface area contributed by atoms with Gasteiger partial charge in [-0.2, -0.15) is 10.1 Å². The van der Waals surface area contributed by atoms with Crippen LogP contribution in [0.1, 0.15) is 6.92 Å². The Balaban J connectivity index is 1.74. The van der Waals surface area contributed by atoms with Crippen molar-refractivity contribution in [1.82, 2.24) is 4.57 Å². The molecule has 0 aliphatic carbocycles. The van der Waals surface area contributed by atoms with Crippen LogP contribution in [-0.2, 0) is 11.3 Å². The lowest BCUT2D eigenvalue weighted by molar-refractivity contribution is -0.112. The Morgan fingerprint density at radius 3 is 2.64 bits per heavy atom. The molecule has 6 nitrogen and oxygen atoms in total. The van der Waals surface area contributed by atoms with Gasteiger partial charge in [-0.25, -0.2) is 0 Å². The summed E-state index contributed by atoms with van der Waals surface area (Å²) in [5.74, 6) is -0.253. The fraction of sp³-hybridized carbons (Fsp3) is 0.125. The van der Waals surface area contributed by atoms with E-state index in [1.807, 2.05) is 60.5 Å². The average Bonchev–Trinajstić information content (AvgIpc) is 3.40. The van der Waals surface area contributed by atoms with Crippen LogP contribution in [0.25, 0.3) is 10.6 Å². The number of benzene rings is 2. The van der Waals surface area contributed by atoms with Crippen molar-refractivity contribution in [3.63, 3.8) is 0 Å². The van der Waals surface area contributed by atoms with Gasteiger partial charge in [0.2, 0.25) is 0 Å². The monoisotopic (exact) mass is 494 g/mol. The van der Waals surface area contributed by atoms with Crippen LogP contribution in [0.3, 0.4) is 0 Å². The third-order valence-electron chi connectivity index (χ3n) is 5.42. The summed E-state index contributed by atoms with van der Waals surface area (Å²) in [6, 6.07) is 14.9. The number of nitrogens with zero attached hydrogens (tertiary/aromatic N) is 4. The number of fused-ring (bicyclic) bond motifs is 1. The highest BCUT2D eigenvalue weighted by Crippen LogP contribution is 2.46. The minimum absolute atomic E-state index is 0.158. The average molecular weight is 495 g/mol. The van der Waals surface area contributed by atoms with Gasteiger partial charge in [-0.15, -0.1) is 17.9 Å². The smallest absolute Gasteiger partial charge is 0.283 e. The van der Waals surface area contributed by atoms with Crippen molar-refractivity contribution in [1.29, 1.82) is 0 Å². The van der Waals surface area contributed by atoms with Crippen LogP contribution in [0.15, 0.2) is 76.0 Å². The summed E-state index contributed by atoms with van der Waals surface area (Å²) in [5.41, 5.74) is 2.47. The standard InChI is InChI=1S/C24H19ClN4O2S2/c1-4-12-28-22(31)20(24-27(3)17-13-15(25)10-11-18(17)32-24)33-23(28)19-14(2)26-29(21(19)30)16-8-6-5-7-9-16/h4-11,13H,1,12H2,2-3H3/b23-19+,24-20-. The highest BCUT2D eigenvalue weighted by Gasteiger charge is 2.32. The van der Waals surface area contributed by atoms with Gasteiger partial charge in [0, 0.05) is 23.5 Å². The molecule has 0 N–H and O–H groups in total. The van der Waals surface area contributed by atoms with E-state index in [-0.39, 0.29) is 11.5 Å². The van der Waals surface area contributed by atoms with E-state index < -0.39 is 0 Å². The van der Waals surface area contributed by atoms with Crippen LogP contribution in [0.2, 0.25) is 5.02 Å². The van der Waals surface area contributed by atoms with Crippen molar-refractivity contribution in [3.05, 3.63) is 85.8 Å². The number of carbonyl (C=O) groups is 1. The number of thioether (sulfide) groups is 1. The van der Waals surface area contributed by atoms with Crippen molar-refractivity contribution >= 4 is 68.3 Å². The summed E-state index contributed by atoms with van der Waals surface area (Å²) < 4.78 is 2.75. The van der Waals surface area contributed by atoms with Gasteiger partial charge in [0.15, 0.2) is 0 Å². The van der Waals surface area contributed by atoms with Crippen LogP contribution in [0.5, 0.6) is 0 Å². The van der Waals surface area contributed by atoms with Crippen molar-refractivity contribution < 1.29 is 4.79 Å². The second-order valence-electron chi connectivity index (χ2n) is 7.53. The zero-order chi connectivity index (χ0) is 23.3. The fourth-order valence-electron chi connectivity index (χ4n) is 3.84. The van der Waals surface area contributed by atoms with Gasteiger partial charge in [0.25, 0.3) is 11.5 Å². The molecule has 0 saturated carbocycles. The molecule has 0 radical (unpaired) electrons. The Morgan fingerprint density at radius 1 is 1.15 bits per heavy atom. The summed E-state index contributed by atoms with van der Waals surface area (Å²) in [6.45, 7) is 5.89. The van der Waals surface area contributed by atoms with Gasteiger partial charge in [-0.1, -0.05) is 47.6 Å². The van der Waals surface area contributed by atoms with E-state index in [0.29, 0.717) is 37.7 Å². The van der Waals surface area contributed by atoms with E-state index in [4.69, 9.17) is 11.6 Å². The van der Waals surface area contributed by atoms with Crippen LogP contribution < -0.4 is 24.7 Å². The zero-order valence-electron chi connectivity index (χ0n) is 17.9. The summed E-state index contributed by atoms with van der Waals surface area (Å²) >= 11 is 9.02. The summed E-state index contributed by atoms with van der Waals surface area (Å²) in [5, 5.41) is 7.32. The molecule has 3 aromatic rings. The Hall–Kier alpha value is -3.07. The van der Waals surface area contributed by atoms with E-state index in [0.717, 1.165) is 15.6 Å². The Labute approximate surface area is 203 Å². The minimum atomic E-state index is -0.253. The number of hydrogen-bond acceptors (Lipinski definition) is 6. The molecular formula is C24H19ClN4O2S2. The number of anilines is 2. The molecule has 2 aliphatic heterocycles. The van der Waals surface area contributed by atoms with Crippen molar-refractivity contribution in [2.45, 2.75) is 18.4 Å². The van der Waals surface area contributed by atoms with Crippen molar-refractivity contribution in [2.75, 3.05) is 17.0 Å². The zero-order valence-corrected chi connectivity index (χ0v) is 20.3. The second kappa shape index (κ2) is 8.37. The molecule has 9 heteroatoms. The van der Waals surface area contributed by atoms with Gasteiger partial charge < -0.3 is 4.90 Å². The van der Waals surface area contributed by atoms with Gasteiger partial charge in [-0.05, 0) is 37.3 Å². The highest BCUT2D eigenvalue weighted by molar-refractivity contribution is 8.08. The van der Waals surface area contributed by atoms with E-state index in [1.54, 1.807) is 17.6 Å². The molecule has 1 amide bonds. The number of amides is 1. The first-order valence-electron chi connectivity index (χ1n) is 10.2. The molecule has 33 heavy (non-hydrogen) atoms. The number of thiazole rings is 1. The summed E-state index contributed by atoms with van der Waals surface area (Å²) in [4.78, 5) is 29.9. The molecule has 0 bridgehead atoms. The van der Waals surface area contributed by atoms with Gasteiger partial charge in [0.05, 0.1) is 22.7 Å². The molecule has 0 atom stereocenters. The quantitative estimate of drug-likeness (QED) is 0.522. The molecule has 5 rings (SSSR count). The largest absolute Gasteiger partial charge is 0.337 e. The first kappa shape index (κ1) is 21.8. The van der Waals surface area contributed by atoms with Crippen LogP contribution >= 0.6 is 34.7 Å². The first-order chi connectivity index (χ1) is 15.9. The van der Waals surface area contributed by atoms with Gasteiger partial charge >= 0.3 is 0 Å². The van der Waals surface area contributed by atoms with Crippen LogP contribution in [-0.4, -0.2) is 23.2 Å². The molecule has 0 unspecified atom stereocenters. The Bertz CT molecular complexity index is 1520. The maximum atomic E-state index is 13.5. The lowest BCUT2D eigenvalue weighted by Gasteiger charge is -2.12. The normalized spacial score (nSPS) is 18.6. The summed E-state index contributed by atoms with van der Waals surface area (Å²) in [7, 11) is 1.92. The molecule has 166 valence electrons. The van der Waals surface area contributed by atoms with E-state index in [1.165, 1.54) is 28.1 Å². The Kier molecular flexibility index (Phi) is 5.52. The molecule has 3 heterocycles. The molecule has 2 aliphatic rings. The van der Waals surface area contributed by atoms with Gasteiger partial charge in [-0.3, -0.25) is 14.2 Å². The number of hydrazone groups is 1. The number of carbonyl (C=O) groups excluding carboxylic acids is 1. The highest BCUT2D eigenvalue weighted by atomic mass is 35.5. The van der Waals surface area contributed by atoms with Crippen molar-refractivity contribution in [3.8, 4) is 0 Å². The number of halogens is 1. The molecular weight excluding hydrogens is 476 g/mol. The second-order valence-corrected chi connectivity index (χ2v) is 10.00. The van der Waals surface area contributed by atoms with E-state index in [2.05, 4.69) is 11.7 Å². The summed E-state index contributed by atoms with van der Waals surface area (Å²) in [6.07, 6.45) is 1.66. The number of aromatic nitrogens is 1. The maximum absolute atomic E-state index is 13.5. The number of allylic oxidation sites excluding steroid dienone is 1. The molecule has 1 aromatic heterocycles. The van der Waals surface area contributed by atoms with E-state index >= 15 is 0 Å². The SMILES string of the molecule is C=CCn1c(=O)/c(=C2/Sc3ccc(Cl)cc3N2C)s/c1=C1/C(=O)N(c2ccccc2)N=C1C. The van der Waals surface area contributed by atoms with Crippen LogP contribution in [0.4, 0.5) is 11.4 Å². The number of rotatable bonds is 3. The molecule has 2 aromatic carbocycles. The van der Waals surface area contributed by atoms with Crippen LogP contribution in [0, 0.1) is 0 Å². The minimum Gasteiger partial charge on any atom is -0.337 e. The lowest BCUT2D eigenvalue weighted by Crippen LogP contribution is -2.35. The maximum Gasteiger partial charge on any atom is 0.283 e. The third-order valence-corrected chi connectivity index (χ3v) is 8.21. The topological polar surface area (TPSA) is 57.9 Å². The molecule has 0 saturated heterocycles. The Morgan fingerprint density at radius 2 is 1.91 bits per heavy atom. The lowest BCUT2D eigenvalue weighted by atomic mass is 10.2. The number of para-hydroxylation sites is 1. The first-order valence-corrected chi connectivity index (χ1v) is 12.2. The molecule has 0 spiro atoms. The third kappa shape index (κ3) is 3.55. The van der Waals surface area contributed by atoms with E-state index in [9.17, 15) is 9.59 Å². The number of hydrogen-bond donors (Lipinski definition) is 0. The van der Waals surface area contributed by atoms with Gasteiger partial charge in [0.1, 0.15) is 14.2 Å². The predicted octanol–water partition coefficient (Wildman–Crippen LogP) is 3.63.